The maximum absolute atomic E-state index is 5.93. The van der Waals surface area contributed by atoms with Gasteiger partial charge in [-0.05, 0) is 24.1 Å². The highest BCUT2D eigenvalue weighted by atomic mass is 32.1. The Hall–Kier alpha value is -1.35. The lowest BCUT2D eigenvalue weighted by Gasteiger charge is -2.14. The molecule has 0 saturated carbocycles. The molecule has 1 heterocycles. The molecule has 2 rings (SSSR count). The summed E-state index contributed by atoms with van der Waals surface area (Å²) in [4.78, 5) is 4.71. The summed E-state index contributed by atoms with van der Waals surface area (Å²) in [5.74, 6) is 0. The van der Waals surface area contributed by atoms with Gasteiger partial charge in [0, 0.05) is 22.9 Å². The smallest absolute Gasteiger partial charge is 0.0972 e. The van der Waals surface area contributed by atoms with E-state index < -0.39 is 0 Å². The van der Waals surface area contributed by atoms with Gasteiger partial charge >= 0.3 is 0 Å². The third-order valence-electron chi connectivity index (χ3n) is 3.02. The zero-order chi connectivity index (χ0) is 13.3. The fraction of sp³-hybridized carbons (Fsp3) is 0.400. The van der Waals surface area contributed by atoms with Crippen molar-refractivity contribution in [2.75, 3.05) is 5.73 Å². The van der Waals surface area contributed by atoms with E-state index in [-0.39, 0.29) is 5.41 Å². The van der Waals surface area contributed by atoms with Gasteiger partial charge in [-0.1, -0.05) is 32.9 Å². The van der Waals surface area contributed by atoms with Crippen LogP contribution in [0.1, 0.15) is 42.6 Å². The standard InChI is InChI=1S/C15H20N2S/c1-10-5-6-11(7-12(10)16)8-14-17-13(9-18-14)15(2,3)4/h5-7,9H,8,16H2,1-4H3. The van der Waals surface area contributed by atoms with Gasteiger partial charge in [0.05, 0.1) is 10.7 Å². The topological polar surface area (TPSA) is 38.9 Å². The largest absolute Gasteiger partial charge is 0.399 e. The molecule has 18 heavy (non-hydrogen) atoms. The zero-order valence-electron chi connectivity index (χ0n) is 11.4. The minimum Gasteiger partial charge on any atom is -0.399 e. The van der Waals surface area contributed by atoms with Crippen LogP contribution in [0.4, 0.5) is 5.69 Å². The first-order valence-electron chi connectivity index (χ1n) is 6.16. The third-order valence-corrected chi connectivity index (χ3v) is 3.87. The second-order valence-electron chi connectivity index (χ2n) is 5.74. The zero-order valence-corrected chi connectivity index (χ0v) is 12.3. The summed E-state index contributed by atoms with van der Waals surface area (Å²) >= 11 is 1.73. The third kappa shape index (κ3) is 2.91. The van der Waals surface area contributed by atoms with Crippen LogP contribution < -0.4 is 5.73 Å². The molecule has 0 atom stereocenters. The highest BCUT2D eigenvalue weighted by Gasteiger charge is 2.17. The average Bonchev–Trinajstić information content (AvgIpc) is 2.72. The van der Waals surface area contributed by atoms with Crippen LogP contribution >= 0.6 is 11.3 Å². The van der Waals surface area contributed by atoms with E-state index in [0.29, 0.717) is 0 Å². The highest BCUT2D eigenvalue weighted by molar-refractivity contribution is 7.09. The number of nitrogen functional groups attached to an aromatic ring is 1. The van der Waals surface area contributed by atoms with Gasteiger partial charge in [-0.25, -0.2) is 4.98 Å². The van der Waals surface area contributed by atoms with Crippen LogP contribution in [-0.4, -0.2) is 4.98 Å². The lowest BCUT2D eigenvalue weighted by Crippen LogP contribution is -2.11. The first-order chi connectivity index (χ1) is 8.36. The first kappa shape index (κ1) is 13.1. The molecule has 0 fully saturated rings. The van der Waals surface area contributed by atoms with Crippen LogP contribution in [0.5, 0.6) is 0 Å². The van der Waals surface area contributed by atoms with Gasteiger partial charge in [-0.3, -0.25) is 0 Å². The first-order valence-corrected chi connectivity index (χ1v) is 7.04. The van der Waals surface area contributed by atoms with E-state index in [1.807, 2.05) is 13.0 Å². The Kier molecular flexibility index (Phi) is 3.44. The summed E-state index contributed by atoms with van der Waals surface area (Å²) in [5, 5.41) is 3.32. The lowest BCUT2D eigenvalue weighted by molar-refractivity contribution is 0.571. The molecule has 0 bridgehead atoms. The Morgan fingerprint density at radius 1 is 1.28 bits per heavy atom. The number of nitrogens with two attached hydrogens (primary N) is 1. The summed E-state index contributed by atoms with van der Waals surface area (Å²) in [6.45, 7) is 8.60. The monoisotopic (exact) mass is 260 g/mol. The molecule has 0 saturated heterocycles. The minimum atomic E-state index is 0.126. The molecular formula is C15H20N2S. The molecule has 0 aliphatic heterocycles. The molecule has 96 valence electrons. The summed E-state index contributed by atoms with van der Waals surface area (Å²) < 4.78 is 0. The Morgan fingerprint density at radius 2 is 2.00 bits per heavy atom. The number of hydrogen-bond acceptors (Lipinski definition) is 3. The molecule has 0 aliphatic rings. The lowest BCUT2D eigenvalue weighted by atomic mass is 9.93. The van der Waals surface area contributed by atoms with E-state index in [2.05, 4.69) is 38.3 Å². The van der Waals surface area contributed by atoms with Crippen LogP contribution in [-0.2, 0) is 11.8 Å². The summed E-state index contributed by atoms with van der Waals surface area (Å²) in [5.41, 5.74) is 10.5. The van der Waals surface area contributed by atoms with E-state index in [1.54, 1.807) is 11.3 Å². The molecule has 1 aromatic heterocycles. The van der Waals surface area contributed by atoms with Crippen molar-refractivity contribution < 1.29 is 0 Å². The van der Waals surface area contributed by atoms with E-state index >= 15 is 0 Å². The Morgan fingerprint density at radius 3 is 2.56 bits per heavy atom. The maximum Gasteiger partial charge on any atom is 0.0972 e. The van der Waals surface area contributed by atoms with Crippen LogP contribution in [0.25, 0.3) is 0 Å². The second kappa shape index (κ2) is 4.73. The number of thiazole rings is 1. The fourth-order valence-corrected chi connectivity index (χ4v) is 2.77. The van der Waals surface area contributed by atoms with Gasteiger partial charge in [-0.15, -0.1) is 11.3 Å². The van der Waals surface area contributed by atoms with Gasteiger partial charge in [0.2, 0.25) is 0 Å². The number of benzene rings is 1. The molecule has 0 radical (unpaired) electrons. The molecular weight excluding hydrogens is 240 g/mol. The predicted molar refractivity (Wildman–Crippen MR) is 79.2 cm³/mol. The minimum absolute atomic E-state index is 0.126. The van der Waals surface area contributed by atoms with Crippen molar-refractivity contribution in [1.29, 1.82) is 0 Å². The van der Waals surface area contributed by atoms with E-state index in [1.165, 1.54) is 11.3 Å². The van der Waals surface area contributed by atoms with Crippen LogP contribution in [0.3, 0.4) is 0 Å². The van der Waals surface area contributed by atoms with Crippen LogP contribution in [0.2, 0.25) is 0 Å². The van der Waals surface area contributed by atoms with Crippen molar-refractivity contribution in [3.8, 4) is 0 Å². The van der Waals surface area contributed by atoms with Crippen molar-refractivity contribution in [2.45, 2.75) is 39.5 Å². The Labute approximate surface area is 113 Å². The molecule has 2 aromatic rings. The average molecular weight is 260 g/mol. The van der Waals surface area contributed by atoms with Crippen LogP contribution in [0.15, 0.2) is 23.6 Å². The number of hydrogen-bond donors (Lipinski definition) is 1. The highest BCUT2D eigenvalue weighted by Crippen LogP contribution is 2.25. The molecule has 0 amide bonds. The molecule has 2 nitrogen and oxygen atoms in total. The van der Waals surface area contributed by atoms with E-state index in [9.17, 15) is 0 Å². The van der Waals surface area contributed by atoms with Gasteiger partial charge < -0.3 is 5.73 Å². The van der Waals surface area contributed by atoms with Gasteiger partial charge in [0.25, 0.3) is 0 Å². The quantitative estimate of drug-likeness (QED) is 0.831. The molecule has 0 spiro atoms. The molecule has 1 aromatic carbocycles. The Bertz CT molecular complexity index is 550. The fourth-order valence-electron chi connectivity index (χ4n) is 1.71. The molecule has 2 N–H and O–H groups in total. The second-order valence-corrected chi connectivity index (χ2v) is 6.69. The van der Waals surface area contributed by atoms with Gasteiger partial charge in [0.1, 0.15) is 0 Å². The molecule has 0 aliphatic carbocycles. The number of anilines is 1. The normalized spacial score (nSPS) is 11.8. The van der Waals surface area contributed by atoms with Crippen LogP contribution in [0, 0.1) is 6.92 Å². The summed E-state index contributed by atoms with van der Waals surface area (Å²) in [6.07, 6.45) is 0.866. The van der Waals surface area contributed by atoms with Crippen molar-refractivity contribution >= 4 is 17.0 Å². The summed E-state index contributed by atoms with van der Waals surface area (Å²) in [6, 6.07) is 6.25. The SMILES string of the molecule is Cc1ccc(Cc2nc(C(C)(C)C)cs2)cc1N. The van der Waals surface area contributed by atoms with Crippen molar-refractivity contribution in [3.63, 3.8) is 0 Å². The number of rotatable bonds is 2. The number of nitrogens with zero attached hydrogens (tertiary/aromatic N) is 1. The molecule has 0 unspecified atom stereocenters. The summed E-state index contributed by atoms with van der Waals surface area (Å²) in [7, 11) is 0. The van der Waals surface area contributed by atoms with Crippen molar-refractivity contribution in [2.24, 2.45) is 0 Å². The van der Waals surface area contributed by atoms with Crippen molar-refractivity contribution in [3.05, 3.63) is 45.4 Å². The number of aryl methyl sites for hydroxylation is 1. The Balaban J connectivity index is 2.19. The predicted octanol–water partition coefficient (Wildman–Crippen LogP) is 3.92. The van der Waals surface area contributed by atoms with E-state index in [4.69, 9.17) is 10.7 Å². The maximum atomic E-state index is 5.93. The van der Waals surface area contributed by atoms with Crippen molar-refractivity contribution in [1.82, 2.24) is 4.98 Å². The number of aromatic nitrogens is 1. The van der Waals surface area contributed by atoms with Gasteiger partial charge in [-0.2, -0.15) is 0 Å². The van der Waals surface area contributed by atoms with Gasteiger partial charge in [0.15, 0.2) is 0 Å². The van der Waals surface area contributed by atoms with E-state index in [0.717, 1.165) is 22.7 Å². The molecule has 3 heteroatoms.